The van der Waals surface area contributed by atoms with Crippen LogP contribution >= 0.6 is 0 Å². The third kappa shape index (κ3) is 4.38. The molecule has 0 fully saturated rings. The molecule has 3 aromatic rings. The number of anilines is 1. The van der Waals surface area contributed by atoms with E-state index in [1.54, 1.807) is 41.3 Å². The molecule has 6 nitrogen and oxygen atoms in total. The number of rotatable bonds is 6. The topological polar surface area (TPSA) is 72.9 Å². The molecule has 4 rings (SSSR count). The molecule has 0 saturated heterocycles. The number of nitrogens with zero attached hydrogens (tertiary/aromatic N) is 1. The van der Waals surface area contributed by atoms with Gasteiger partial charge in [-0.15, -0.1) is 0 Å². The smallest absolute Gasteiger partial charge is 0.331 e. The van der Waals surface area contributed by atoms with Crippen molar-refractivity contribution >= 4 is 23.4 Å². The van der Waals surface area contributed by atoms with Crippen LogP contribution in [0.4, 0.5) is 5.69 Å². The third-order valence-electron chi connectivity index (χ3n) is 4.75. The number of ketones is 1. The first kappa shape index (κ1) is 19.4. The van der Waals surface area contributed by atoms with Gasteiger partial charge in [0.15, 0.2) is 18.1 Å². The van der Waals surface area contributed by atoms with E-state index in [2.05, 4.69) is 0 Å². The zero-order chi connectivity index (χ0) is 20.9. The van der Waals surface area contributed by atoms with Gasteiger partial charge in [0, 0.05) is 5.56 Å². The molecule has 0 radical (unpaired) electrons. The highest BCUT2D eigenvalue weighted by Gasteiger charge is 2.26. The van der Waals surface area contributed by atoms with Crippen LogP contribution in [0.1, 0.15) is 10.4 Å². The van der Waals surface area contributed by atoms with E-state index in [0.29, 0.717) is 17.0 Å². The Bertz CT molecular complexity index is 1080. The van der Waals surface area contributed by atoms with Crippen LogP contribution in [-0.4, -0.2) is 37.4 Å². The van der Waals surface area contributed by atoms with Gasteiger partial charge >= 0.3 is 11.9 Å². The standard InChI is InChI=1S/C24H19NO5/c26-21(19-12-10-18(11-13-19)17-6-2-1-3-7-17)16-29-23(27)14-25-15-24(28)30-22-9-5-4-8-20(22)25/h1-13H,14-16H2. The van der Waals surface area contributed by atoms with Crippen molar-refractivity contribution in [3.8, 4) is 16.9 Å². The molecule has 0 atom stereocenters. The lowest BCUT2D eigenvalue weighted by atomic mass is 10.0. The van der Waals surface area contributed by atoms with Crippen LogP contribution in [0.25, 0.3) is 11.1 Å². The molecule has 0 spiro atoms. The minimum Gasteiger partial charge on any atom is -0.456 e. The number of hydrogen-bond acceptors (Lipinski definition) is 6. The average Bonchev–Trinajstić information content (AvgIpc) is 2.78. The Morgan fingerprint density at radius 1 is 0.867 bits per heavy atom. The number of carbonyl (C=O) groups is 3. The van der Waals surface area contributed by atoms with Crippen molar-refractivity contribution in [1.82, 2.24) is 0 Å². The summed E-state index contributed by atoms with van der Waals surface area (Å²) in [7, 11) is 0. The van der Waals surface area contributed by atoms with Crippen LogP contribution in [0.2, 0.25) is 0 Å². The Morgan fingerprint density at radius 2 is 1.53 bits per heavy atom. The fourth-order valence-corrected chi connectivity index (χ4v) is 3.25. The quantitative estimate of drug-likeness (QED) is 0.358. The number of para-hydroxylation sites is 2. The van der Waals surface area contributed by atoms with Crippen LogP contribution < -0.4 is 9.64 Å². The second kappa shape index (κ2) is 8.61. The Labute approximate surface area is 173 Å². The summed E-state index contributed by atoms with van der Waals surface area (Å²) in [5.41, 5.74) is 3.16. The van der Waals surface area contributed by atoms with Gasteiger partial charge in [-0.2, -0.15) is 0 Å². The van der Waals surface area contributed by atoms with Crippen LogP contribution in [0.5, 0.6) is 5.75 Å². The SMILES string of the molecule is O=C(CN1CC(=O)Oc2ccccc21)OCC(=O)c1ccc(-c2ccccc2)cc1. The van der Waals surface area contributed by atoms with Gasteiger partial charge in [-0.1, -0.05) is 66.7 Å². The lowest BCUT2D eigenvalue weighted by Crippen LogP contribution is -2.40. The van der Waals surface area contributed by atoms with Crippen molar-refractivity contribution in [2.24, 2.45) is 0 Å². The van der Waals surface area contributed by atoms with Crippen molar-refractivity contribution in [3.63, 3.8) is 0 Å². The number of fused-ring (bicyclic) bond motifs is 1. The summed E-state index contributed by atoms with van der Waals surface area (Å²) in [5, 5.41) is 0. The molecule has 0 aromatic heterocycles. The molecule has 1 heterocycles. The zero-order valence-corrected chi connectivity index (χ0v) is 16.1. The van der Waals surface area contributed by atoms with E-state index in [4.69, 9.17) is 9.47 Å². The highest BCUT2D eigenvalue weighted by molar-refractivity contribution is 5.98. The minimum absolute atomic E-state index is 0.0546. The van der Waals surface area contributed by atoms with E-state index < -0.39 is 11.9 Å². The predicted octanol–water partition coefficient (Wildman–Crippen LogP) is 3.51. The van der Waals surface area contributed by atoms with Crippen molar-refractivity contribution in [2.75, 3.05) is 24.6 Å². The van der Waals surface area contributed by atoms with Gasteiger partial charge in [0.1, 0.15) is 13.1 Å². The van der Waals surface area contributed by atoms with Gasteiger partial charge in [0.05, 0.1) is 5.69 Å². The van der Waals surface area contributed by atoms with Gasteiger partial charge in [-0.05, 0) is 23.3 Å². The average molecular weight is 401 g/mol. The number of esters is 2. The Morgan fingerprint density at radius 3 is 2.30 bits per heavy atom. The maximum Gasteiger partial charge on any atom is 0.331 e. The van der Waals surface area contributed by atoms with Gasteiger partial charge < -0.3 is 14.4 Å². The van der Waals surface area contributed by atoms with Gasteiger partial charge in [0.2, 0.25) is 0 Å². The predicted molar refractivity (Wildman–Crippen MR) is 111 cm³/mol. The maximum atomic E-state index is 12.4. The Balaban J connectivity index is 1.34. The zero-order valence-electron chi connectivity index (χ0n) is 16.1. The normalized spacial score (nSPS) is 12.7. The second-order valence-corrected chi connectivity index (χ2v) is 6.83. The van der Waals surface area contributed by atoms with E-state index in [0.717, 1.165) is 11.1 Å². The molecule has 0 unspecified atom stereocenters. The largest absolute Gasteiger partial charge is 0.456 e. The van der Waals surface area contributed by atoms with Crippen LogP contribution in [0.3, 0.4) is 0 Å². The van der Waals surface area contributed by atoms with Crippen molar-refractivity contribution in [1.29, 1.82) is 0 Å². The number of Topliss-reactive ketones (excluding diaryl/α,β-unsaturated/α-hetero) is 1. The number of benzene rings is 3. The summed E-state index contributed by atoms with van der Waals surface area (Å²) in [6.45, 7) is -0.559. The molecule has 1 aliphatic heterocycles. The molecule has 1 aliphatic rings. The maximum absolute atomic E-state index is 12.4. The molecule has 0 saturated carbocycles. The molecule has 150 valence electrons. The monoisotopic (exact) mass is 401 g/mol. The van der Waals surface area contributed by atoms with Gasteiger partial charge in [0.25, 0.3) is 0 Å². The number of hydrogen-bond donors (Lipinski definition) is 0. The van der Waals surface area contributed by atoms with Gasteiger partial charge in [-0.25, -0.2) is 4.79 Å². The molecule has 30 heavy (non-hydrogen) atoms. The van der Waals surface area contributed by atoms with Crippen molar-refractivity contribution < 1.29 is 23.9 Å². The summed E-state index contributed by atoms with van der Waals surface area (Å²) in [4.78, 5) is 37.9. The van der Waals surface area contributed by atoms with E-state index in [-0.39, 0.29) is 25.5 Å². The first-order valence-corrected chi connectivity index (χ1v) is 9.49. The van der Waals surface area contributed by atoms with E-state index in [1.807, 2.05) is 42.5 Å². The fraction of sp³-hybridized carbons (Fsp3) is 0.125. The lowest BCUT2D eigenvalue weighted by Gasteiger charge is -2.28. The van der Waals surface area contributed by atoms with E-state index >= 15 is 0 Å². The molecular formula is C24H19NO5. The van der Waals surface area contributed by atoms with Crippen molar-refractivity contribution in [2.45, 2.75) is 0 Å². The summed E-state index contributed by atoms with van der Waals surface area (Å²) < 4.78 is 10.3. The van der Waals surface area contributed by atoms with Crippen LogP contribution in [0.15, 0.2) is 78.9 Å². The lowest BCUT2D eigenvalue weighted by molar-refractivity contribution is -0.141. The van der Waals surface area contributed by atoms with E-state index in [9.17, 15) is 14.4 Å². The third-order valence-corrected chi connectivity index (χ3v) is 4.75. The highest BCUT2D eigenvalue weighted by atomic mass is 16.5. The Hall–Kier alpha value is -3.93. The van der Waals surface area contributed by atoms with Crippen molar-refractivity contribution in [3.05, 3.63) is 84.4 Å². The summed E-state index contributed by atoms with van der Waals surface area (Å²) >= 11 is 0. The molecule has 3 aromatic carbocycles. The molecular weight excluding hydrogens is 382 g/mol. The van der Waals surface area contributed by atoms with Crippen LogP contribution in [0, 0.1) is 0 Å². The molecule has 0 aliphatic carbocycles. The number of ether oxygens (including phenoxy) is 2. The number of carbonyl (C=O) groups excluding carboxylic acids is 3. The summed E-state index contributed by atoms with van der Waals surface area (Å²) in [6, 6.07) is 24.0. The second-order valence-electron chi connectivity index (χ2n) is 6.83. The fourth-order valence-electron chi connectivity index (χ4n) is 3.25. The first-order valence-electron chi connectivity index (χ1n) is 9.49. The molecule has 0 bridgehead atoms. The minimum atomic E-state index is -0.589. The Kier molecular flexibility index (Phi) is 5.57. The highest BCUT2D eigenvalue weighted by Crippen LogP contribution is 2.31. The van der Waals surface area contributed by atoms with Gasteiger partial charge in [-0.3, -0.25) is 9.59 Å². The molecule has 0 amide bonds. The summed E-state index contributed by atoms with van der Waals surface area (Å²) in [5.74, 6) is -0.928. The first-order chi connectivity index (χ1) is 14.6. The van der Waals surface area contributed by atoms with E-state index in [1.165, 1.54) is 0 Å². The molecule has 0 N–H and O–H groups in total. The van der Waals surface area contributed by atoms with Crippen LogP contribution in [-0.2, 0) is 14.3 Å². The molecule has 6 heteroatoms. The summed E-state index contributed by atoms with van der Waals surface area (Å²) in [6.07, 6.45) is 0.